The highest BCUT2D eigenvalue weighted by atomic mass is 35.5. The number of halogens is 1. The molecule has 2 N–H and O–H groups in total. The number of nitrogens with two attached hydrogens (primary N) is 1. The van der Waals surface area contributed by atoms with Crippen LogP contribution in [0.1, 0.15) is 36.1 Å². The van der Waals surface area contributed by atoms with Gasteiger partial charge in [-0.25, -0.2) is 0 Å². The second-order valence-electron chi connectivity index (χ2n) is 8.16. The molecule has 178 valence electrons. The number of pyridine rings is 1. The summed E-state index contributed by atoms with van der Waals surface area (Å²) >= 11 is 6.45. The number of nitrogens with zero attached hydrogens (tertiary/aromatic N) is 5. The van der Waals surface area contributed by atoms with Gasteiger partial charge in [0, 0.05) is 30.5 Å². The molecule has 2 aromatic rings. The minimum absolute atomic E-state index is 0.0380. The Morgan fingerprint density at radius 2 is 2.12 bits per heavy atom. The fraction of sp³-hybridized carbons (Fsp3) is 0.545. The molecule has 1 unspecified atom stereocenters. The molecule has 0 aromatic carbocycles. The molecule has 1 saturated heterocycles. The van der Waals surface area contributed by atoms with Crippen LogP contribution in [0.15, 0.2) is 6.20 Å². The van der Waals surface area contributed by atoms with Crippen LogP contribution in [-0.4, -0.2) is 60.6 Å². The van der Waals surface area contributed by atoms with Gasteiger partial charge < -0.3 is 29.7 Å². The molecule has 33 heavy (non-hydrogen) atoms. The predicted octanol–water partition coefficient (Wildman–Crippen LogP) is 2.63. The highest BCUT2D eigenvalue weighted by molar-refractivity contribution is 6.33. The van der Waals surface area contributed by atoms with E-state index in [1.165, 1.54) is 0 Å². The van der Waals surface area contributed by atoms with Crippen molar-refractivity contribution in [1.82, 2.24) is 15.0 Å². The number of anilines is 3. The lowest BCUT2D eigenvalue weighted by Gasteiger charge is -2.36. The van der Waals surface area contributed by atoms with Crippen molar-refractivity contribution in [2.24, 2.45) is 0 Å². The molecule has 2 aromatic heterocycles. The number of amides is 1. The summed E-state index contributed by atoms with van der Waals surface area (Å²) in [5, 5.41) is 0.121. The zero-order chi connectivity index (χ0) is 23.5. The number of hydrogen-bond acceptors (Lipinski definition) is 9. The molecule has 0 radical (unpaired) electrons. The molecule has 11 heteroatoms. The molecule has 10 nitrogen and oxygen atoms in total. The van der Waals surface area contributed by atoms with Gasteiger partial charge in [-0.15, -0.1) is 0 Å². The van der Waals surface area contributed by atoms with Crippen molar-refractivity contribution in [3.63, 3.8) is 0 Å². The van der Waals surface area contributed by atoms with E-state index in [-0.39, 0.29) is 29.8 Å². The largest absolute Gasteiger partial charge is 0.496 e. The lowest BCUT2D eigenvalue weighted by Crippen LogP contribution is -2.48. The normalized spacial score (nSPS) is 18.4. The Morgan fingerprint density at radius 3 is 2.85 bits per heavy atom. The molecule has 4 heterocycles. The number of fused-ring (bicyclic) bond motifs is 1. The molecule has 1 amide bonds. The quantitative estimate of drug-likeness (QED) is 0.602. The van der Waals surface area contributed by atoms with Crippen LogP contribution in [0, 0.1) is 13.8 Å². The minimum Gasteiger partial charge on any atom is -0.496 e. The third-order valence-corrected chi connectivity index (χ3v) is 6.15. The third-order valence-electron chi connectivity index (χ3n) is 5.88. The van der Waals surface area contributed by atoms with Gasteiger partial charge in [0.05, 0.1) is 32.5 Å². The van der Waals surface area contributed by atoms with Gasteiger partial charge in [-0.2, -0.15) is 9.97 Å². The summed E-state index contributed by atoms with van der Waals surface area (Å²) in [6.45, 7) is 5.63. The first-order chi connectivity index (χ1) is 15.9. The molecule has 2 aliphatic heterocycles. The van der Waals surface area contributed by atoms with Crippen LogP contribution >= 0.6 is 11.6 Å². The Labute approximate surface area is 198 Å². The van der Waals surface area contributed by atoms with Crippen LogP contribution in [0.4, 0.5) is 17.5 Å². The number of rotatable bonds is 7. The Hall–Kier alpha value is -2.69. The van der Waals surface area contributed by atoms with E-state index in [1.54, 1.807) is 18.2 Å². The number of nitrogen functional groups attached to an aromatic ring is 1. The Morgan fingerprint density at radius 1 is 1.30 bits per heavy atom. The molecule has 2 aliphatic rings. The number of methoxy groups -OCH3 is 1. The van der Waals surface area contributed by atoms with Crippen LogP contribution in [-0.2, 0) is 20.8 Å². The first-order valence-electron chi connectivity index (χ1n) is 11.0. The second-order valence-corrected chi connectivity index (χ2v) is 8.52. The van der Waals surface area contributed by atoms with Gasteiger partial charge in [-0.3, -0.25) is 9.78 Å². The Kier molecular flexibility index (Phi) is 7.16. The highest BCUT2D eigenvalue weighted by Crippen LogP contribution is 2.38. The van der Waals surface area contributed by atoms with Gasteiger partial charge in [-0.05, 0) is 33.1 Å². The van der Waals surface area contributed by atoms with E-state index < -0.39 is 0 Å². The van der Waals surface area contributed by atoms with Crippen molar-refractivity contribution in [1.29, 1.82) is 0 Å². The summed E-state index contributed by atoms with van der Waals surface area (Å²) in [4.78, 5) is 29.6. The predicted molar refractivity (Wildman–Crippen MR) is 125 cm³/mol. The molecule has 0 aliphatic carbocycles. The van der Waals surface area contributed by atoms with Crippen molar-refractivity contribution >= 4 is 35.0 Å². The zero-order valence-corrected chi connectivity index (χ0v) is 19.9. The number of aromatic nitrogens is 3. The number of carbonyl (C=O) groups is 1. The maximum Gasteiger partial charge on any atom is 0.246 e. The van der Waals surface area contributed by atoms with E-state index in [0.29, 0.717) is 37.8 Å². The summed E-state index contributed by atoms with van der Waals surface area (Å²) in [7, 11) is 1.63. The number of hydrogen-bond donors (Lipinski definition) is 1. The molecular formula is C22H29ClN6O4. The average Bonchev–Trinajstić information content (AvgIpc) is 2.79. The van der Waals surface area contributed by atoms with Gasteiger partial charge in [0.2, 0.25) is 11.9 Å². The summed E-state index contributed by atoms with van der Waals surface area (Å²) in [5.41, 5.74) is 8.94. The van der Waals surface area contributed by atoms with Crippen molar-refractivity contribution in [3.05, 3.63) is 28.2 Å². The van der Waals surface area contributed by atoms with Gasteiger partial charge in [0.1, 0.15) is 11.4 Å². The van der Waals surface area contributed by atoms with Crippen LogP contribution in [0.2, 0.25) is 5.15 Å². The first-order valence-corrected chi connectivity index (χ1v) is 11.4. The lowest BCUT2D eigenvalue weighted by atomic mass is 10.1. The van der Waals surface area contributed by atoms with E-state index in [0.717, 1.165) is 41.8 Å². The third kappa shape index (κ3) is 4.97. The van der Waals surface area contributed by atoms with Gasteiger partial charge >= 0.3 is 0 Å². The van der Waals surface area contributed by atoms with Crippen LogP contribution in [0.5, 0.6) is 5.75 Å². The fourth-order valence-corrected chi connectivity index (χ4v) is 4.50. The summed E-state index contributed by atoms with van der Waals surface area (Å²) in [6, 6.07) is 0. The summed E-state index contributed by atoms with van der Waals surface area (Å²) in [6.07, 6.45) is 4.49. The smallest absolute Gasteiger partial charge is 0.246 e. The van der Waals surface area contributed by atoms with Crippen molar-refractivity contribution in [3.8, 4) is 5.75 Å². The average molecular weight is 477 g/mol. The van der Waals surface area contributed by atoms with E-state index in [2.05, 4.69) is 15.0 Å². The molecule has 4 rings (SSSR count). The minimum atomic E-state index is -0.238. The molecule has 1 atom stereocenters. The van der Waals surface area contributed by atoms with E-state index >= 15 is 0 Å². The monoisotopic (exact) mass is 476 g/mol. The van der Waals surface area contributed by atoms with E-state index in [9.17, 15) is 4.79 Å². The Balaban J connectivity index is 1.58. The molecule has 0 saturated carbocycles. The van der Waals surface area contributed by atoms with E-state index in [4.69, 9.17) is 31.5 Å². The fourth-order valence-electron chi connectivity index (χ4n) is 4.23. The van der Waals surface area contributed by atoms with Gasteiger partial charge in [0.25, 0.3) is 0 Å². The van der Waals surface area contributed by atoms with Crippen LogP contribution in [0.25, 0.3) is 0 Å². The summed E-state index contributed by atoms with van der Waals surface area (Å²) < 4.78 is 17.0. The van der Waals surface area contributed by atoms with Gasteiger partial charge in [-0.1, -0.05) is 11.6 Å². The molecule has 0 bridgehead atoms. The van der Waals surface area contributed by atoms with Crippen molar-refractivity contribution in [2.45, 2.75) is 45.9 Å². The molecular weight excluding hydrogens is 448 g/mol. The van der Waals surface area contributed by atoms with Crippen molar-refractivity contribution < 1.29 is 19.0 Å². The standard InChI is InChI=1S/C22H29ClN6O4/c1-13-10-25-15(14(2)19(13)31-3)11-28-12-16(30)29(7-9-33-17-6-4-5-8-32-17)18-20(23)26-22(24)27-21(18)28/h10,17H,4-9,11-12H2,1-3H3,(H2,24,26,27). The van der Waals surface area contributed by atoms with Crippen LogP contribution in [0.3, 0.4) is 0 Å². The molecule has 1 fully saturated rings. The van der Waals surface area contributed by atoms with E-state index in [1.807, 2.05) is 18.7 Å². The van der Waals surface area contributed by atoms with Gasteiger partial charge in [0.15, 0.2) is 17.3 Å². The maximum atomic E-state index is 13.1. The SMILES string of the molecule is COc1c(C)cnc(CN2CC(=O)N(CCOC3CCCCO3)c3c(Cl)nc(N)nc32)c1C. The maximum absolute atomic E-state index is 13.1. The lowest BCUT2D eigenvalue weighted by molar-refractivity contribution is -0.161. The summed E-state index contributed by atoms with van der Waals surface area (Å²) in [5.74, 6) is 1.16. The zero-order valence-electron chi connectivity index (χ0n) is 19.1. The van der Waals surface area contributed by atoms with Crippen LogP contribution < -0.4 is 20.3 Å². The van der Waals surface area contributed by atoms with Crippen molar-refractivity contribution in [2.75, 3.05) is 48.9 Å². The number of carbonyl (C=O) groups excluding carboxylic acids is 1. The Bertz CT molecular complexity index is 1030. The number of ether oxygens (including phenoxy) is 3. The highest BCUT2D eigenvalue weighted by Gasteiger charge is 2.34. The molecule has 0 spiro atoms. The second kappa shape index (κ2) is 10.1. The number of aryl methyl sites for hydroxylation is 1. The first kappa shape index (κ1) is 23.5. The topological polar surface area (TPSA) is 116 Å².